The third-order valence-electron chi connectivity index (χ3n) is 6.24. The van der Waals surface area contributed by atoms with E-state index in [1.165, 1.54) is 0 Å². The number of hydrogen-bond acceptors (Lipinski definition) is 5. The van der Waals surface area contributed by atoms with Crippen LogP contribution in [0.1, 0.15) is 29.7 Å². The summed E-state index contributed by atoms with van der Waals surface area (Å²) in [6.45, 7) is 0. The lowest BCUT2D eigenvalue weighted by Gasteiger charge is -2.23. The average molecular weight is 407 g/mol. The summed E-state index contributed by atoms with van der Waals surface area (Å²) >= 11 is 1.59. The Morgan fingerprint density at radius 2 is 2.21 bits per heavy atom. The van der Waals surface area contributed by atoms with Crippen LogP contribution < -0.4 is 16.0 Å². The fourth-order valence-corrected chi connectivity index (χ4v) is 5.72. The van der Waals surface area contributed by atoms with Crippen molar-refractivity contribution >= 4 is 28.8 Å². The lowest BCUT2D eigenvalue weighted by Crippen LogP contribution is -2.50. The number of fused-ring (bicyclic) bond motifs is 3. The molecule has 1 aromatic carbocycles. The predicted octanol–water partition coefficient (Wildman–Crippen LogP) is 2.60. The number of nitrogens with one attached hydrogen (secondary N) is 3. The smallest absolute Gasteiger partial charge is 0.238 e. The normalized spacial score (nSPS) is 25.3. The van der Waals surface area contributed by atoms with Crippen LogP contribution in [-0.2, 0) is 22.4 Å². The minimum Gasteiger partial charge on any atom is -0.339 e. The molecule has 1 aromatic heterocycles. The molecule has 2 aromatic rings. The van der Waals surface area contributed by atoms with E-state index in [-0.39, 0.29) is 17.9 Å². The Kier molecular flexibility index (Phi) is 4.61. The van der Waals surface area contributed by atoms with Gasteiger partial charge in [-0.2, -0.15) is 5.26 Å². The van der Waals surface area contributed by atoms with Gasteiger partial charge in [0.1, 0.15) is 6.04 Å². The molecule has 2 bridgehead atoms. The maximum absolute atomic E-state index is 12.6. The third kappa shape index (κ3) is 3.54. The molecule has 3 N–H and O–H groups in total. The van der Waals surface area contributed by atoms with Crippen LogP contribution in [0.15, 0.2) is 29.6 Å². The minimum atomic E-state index is -0.533. The molecule has 2 amide bonds. The summed E-state index contributed by atoms with van der Waals surface area (Å²) in [5.41, 5.74) is 4.00. The van der Waals surface area contributed by atoms with Crippen molar-refractivity contribution in [2.75, 3.05) is 5.32 Å². The molecule has 29 heavy (non-hydrogen) atoms. The molecule has 4 atom stereocenters. The number of amides is 2. The van der Waals surface area contributed by atoms with Gasteiger partial charge in [-0.3, -0.25) is 9.59 Å². The van der Waals surface area contributed by atoms with Crippen molar-refractivity contribution in [3.63, 3.8) is 0 Å². The van der Waals surface area contributed by atoms with Gasteiger partial charge in [0.25, 0.3) is 0 Å². The van der Waals surface area contributed by atoms with Crippen molar-refractivity contribution < 1.29 is 9.59 Å². The minimum absolute atomic E-state index is 0.0285. The highest BCUT2D eigenvalue weighted by atomic mass is 32.1. The Morgan fingerprint density at radius 1 is 1.31 bits per heavy atom. The molecular weight excluding hydrogens is 384 g/mol. The van der Waals surface area contributed by atoms with Gasteiger partial charge in [0.2, 0.25) is 11.8 Å². The number of thiophene rings is 1. The van der Waals surface area contributed by atoms with Gasteiger partial charge in [0.05, 0.1) is 18.5 Å². The number of piperidine rings is 1. The summed E-state index contributed by atoms with van der Waals surface area (Å²) in [5.74, 6) is 0.392. The van der Waals surface area contributed by atoms with E-state index in [1.54, 1.807) is 11.3 Å². The van der Waals surface area contributed by atoms with E-state index in [9.17, 15) is 14.9 Å². The zero-order valence-corrected chi connectivity index (χ0v) is 16.7. The molecular formula is C22H22N4O2S. The molecule has 3 heterocycles. The first-order valence-electron chi connectivity index (χ1n) is 10.1. The van der Waals surface area contributed by atoms with Crippen molar-refractivity contribution in [3.05, 3.63) is 40.1 Å². The second kappa shape index (κ2) is 7.29. The number of carbonyl (C=O) groups is 2. The molecule has 2 fully saturated rings. The summed E-state index contributed by atoms with van der Waals surface area (Å²) in [7, 11) is 0. The summed E-state index contributed by atoms with van der Waals surface area (Å²) in [6, 6.07) is 10.1. The zero-order valence-electron chi connectivity index (χ0n) is 15.9. The molecule has 1 aliphatic carbocycles. The van der Waals surface area contributed by atoms with Crippen LogP contribution in [0, 0.1) is 17.2 Å². The van der Waals surface area contributed by atoms with Crippen molar-refractivity contribution in [1.82, 2.24) is 10.6 Å². The number of carbonyl (C=O) groups excluding carboxylic acids is 2. The number of hydrogen-bond donors (Lipinski definition) is 3. The van der Waals surface area contributed by atoms with E-state index in [1.807, 2.05) is 18.2 Å². The molecule has 0 unspecified atom stereocenters. The zero-order chi connectivity index (χ0) is 20.0. The van der Waals surface area contributed by atoms with E-state index in [2.05, 4.69) is 33.5 Å². The van der Waals surface area contributed by atoms with Gasteiger partial charge in [0.15, 0.2) is 0 Å². The van der Waals surface area contributed by atoms with Crippen LogP contribution in [0.5, 0.6) is 0 Å². The van der Waals surface area contributed by atoms with Gasteiger partial charge in [-0.05, 0) is 59.4 Å². The number of rotatable bonds is 5. The molecule has 7 heteroatoms. The van der Waals surface area contributed by atoms with Gasteiger partial charge in [0, 0.05) is 23.0 Å². The maximum atomic E-state index is 12.6. The summed E-state index contributed by atoms with van der Waals surface area (Å²) < 4.78 is 0. The second-order valence-corrected chi connectivity index (χ2v) is 9.20. The van der Waals surface area contributed by atoms with Crippen LogP contribution in [-0.4, -0.2) is 29.9 Å². The molecule has 1 saturated heterocycles. The van der Waals surface area contributed by atoms with E-state index < -0.39 is 6.04 Å². The maximum Gasteiger partial charge on any atom is 0.238 e. The van der Waals surface area contributed by atoms with Crippen LogP contribution in [0.3, 0.4) is 0 Å². The first kappa shape index (κ1) is 18.3. The molecule has 1 saturated carbocycles. The Labute approximate surface area is 173 Å². The highest BCUT2D eigenvalue weighted by Crippen LogP contribution is 2.35. The van der Waals surface area contributed by atoms with Gasteiger partial charge in [-0.25, -0.2) is 0 Å². The van der Waals surface area contributed by atoms with Gasteiger partial charge in [-0.15, -0.1) is 11.3 Å². The first-order chi connectivity index (χ1) is 14.1. The van der Waals surface area contributed by atoms with Gasteiger partial charge < -0.3 is 16.0 Å². The average Bonchev–Trinajstić information content (AvgIpc) is 3.49. The number of nitriles is 1. The van der Waals surface area contributed by atoms with E-state index in [4.69, 9.17) is 0 Å². The monoisotopic (exact) mass is 406 g/mol. The fraction of sp³-hybridized carbons (Fsp3) is 0.409. The van der Waals surface area contributed by atoms with Crippen molar-refractivity contribution in [2.45, 2.75) is 50.2 Å². The summed E-state index contributed by atoms with van der Waals surface area (Å²) in [4.78, 5) is 25.2. The van der Waals surface area contributed by atoms with Crippen LogP contribution in [0.25, 0.3) is 11.1 Å². The molecule has 148 valence electrons. The molecule has 0 spiro atoms. The largest absolute Gasteiger partial charge is 0.339 e. The molecule has 6 nitrogen and oxygen atoms in total. The Balaban J connectivity index is 1.24. The van der Waals surface area contributed by atoms with Crippen molar-refractivity contribution in [2.24, 2.45) is 5.92 Å². The van der Waals surface area contributed by atoms with E-state index >= 15 is 0 Å². The standard InChI is InChI=1S/C22H22N4O2S/c23-10-17(25-22(28)21-14-3-4-16(5-14)24-21)9-18-6-15(11-29-18)12-1-2-13-8-20(27)26-19(13)7-12/h1-2,6-7,11,14,16-17,21,24H,3-5,8-9H2,(H,25,28)(H,26,27)/t14-,16-,17-,21-/m0/s1. The van der Waals surface area contributed by atoms with E-state index in [0.29, 0.717) is 24.8 Å². The lowest BCUT2D eigenvalue weighted by atomic mass is 9.99. The number of benzene rings is 1. The van der Waals surface area contributed by atoms with Gasteiger partial charge in [-0.1, -0.05) is 12.1 Å². The Morgan fingerprint density at radius 3 is 2.97 bits per heavy atom. The number of anilines is 1. The number of nitrogens with zero attached hydrogens (tertiary/aromatic N) is 1. The second-order valence-electron chi connectivity index (χ2n) is 8.21. The van der Waals surface area contributed by atoms with E-state index in [0.717, 1.165) is 46.5 Å². The molecule has 0 radical (unpaired) electrons. The fourth-order valence-electron chi connectivity index (χ4n) is 4.77. The molecule has 5 rings (SSSR count). The van der Waals surface area contributed by atoms with Crippen LogP contribution >= 0.6 is 11.3 Å². The van der Waals surface area contributed by atoms with Crippen LogP contribution in [0.2, 0.25) is 0 Å². The SMILES string of the molecule is N#C[C@H](Cc1cc(-c2ccc3c(c2)NC(=O)C3)cs1)NC(=O)[C@H]1N[C@H]2CC[C@H]1C2. The quantitative estimate of drug-likeness (QED) is 0.711. The third-order valence-corrected chi connectivity index (χ3v) is 7.20. The highest BCUT2D eigenvalue weighted by Gasteiger charge is 2.43. The predicted molar refractivity (Wildman–Crippen MR) is 111 cm³/mol. The summed E-state index contributed by atoms with van der Waals surface area (Å²) in [5, 5.41) is 20.8. The Bertz CT molecular complexity index is 1020. The van der Waals surface area contributed by atoms with Crippen molar-refractivity contribution in [3.8, 4) is 17.2 Å². The van der Waals surface area contributed by atoms with Crippen LogP contribution in [0.4, 0.5) is 5.69 Å². The molecule has 2 aliphatic heterocycles. The highest BCUT2D eigenvalue weighted by molar-refractivity contribution is 7.10. The first-order valence-corrected chi connectivity index (χ1v) is 10.9. The topological polar surface area (TPSA) is 94.0 Å². The van der Waals surface area contributed by atoms with Crippen molar-refractivity contribution in [1.29, 1.82) is 5.26 Å². The summed E-state index contributed by atoms with van der Waals surface area (Å²) in [6.07, 6.45) is 4.26. The Hall–Kier alpha value is -2.69. The molecule has 3 aliphatic rings. The van der Waals surface area contributed by atoms with Gasteiger partial charge >= 0.3 is 0 Å². The lowest BCUT2D eigenvalue weighted by molar-refractivity contribution is -0.124.